The molecule has 4 aromatic rings. The normalized spacial score (nSPS) is 11.4. The van der Waals surface area contributed by atoms with E-state index in [-0.39, 0.29) is 5.91 Å². The lowest BCUT2D eigenvalue weighted by atomic mass is 10.0. The summed E-state index contributed by atoms with van der Waals surface area (Å²) < 4.78 is 1.13. The number of hydrogen-bond acceptors (Lipinski definition) is 3. The highest BCUT2D eigenvalue weighted by Gasteiger charge is 2.22. The number of quaternary nitrogens is 1. The van der Waals surface area contributed by atoms with Crippen molar-refractivity contribution < 1.29 is 9.69 Å². The number of anilines is 1. The molecule has 0 radical (unpaired) electrons. The zero-order valence-corrected chi connectivity index (χ0v) is 17.9. The number of carbonyl (C=O) groups is 1. The molecule has 0 atom stereocenters. The minimum Gasteiger partial charge on any atom is -0.338 e. The van der Waals surface area contributed by atoms with Crippen molar-refractivity contribution >= 4 is 43.4 Å². The summed E-state index contributed by atoms with van der Waals surface area (Å²) in [6, 6.07) is 20.6. The quantitative estimate of drug-likeness (QED) is 0.534. The molecule has 0 spiro atoms. The van der Waals surface area contributed by atoms with Crippen molar-refractivity contribution in [1.29, 1.82) is 0 Å². The van der Waals surface area contributed by atoms with E-state index >= 15 is 0 Å². The number of para-hydroxylation sites is 1. The van der Waals surface area contributed by atoms with Gasteiger partial charge in [0, 0.05) is 0 Å². The van der Waals surface area contributed by atoms with Gasteiger partial charge in [-0.05, 0) is 34.9 Å². The SMILES string of the molecule is Cc1cccc2sc(N(CC[NH+](C)C)C(=O)Cc3cccc4ccccc34)nc12. The number of nitrogens with one attached hydrogen (secondary N) is 1. The second-order valence-corrected chi connectivity index (χ2v) is 8.74. The van der Waals surface area contributed by atoms with Crippen LogP contribution in [0.3, 0.4) is 0 Å². The van der Waals surface area contributed by atoms with Gasteiger partial charge in [-0.3, -0.25) is 9.69 Å². The number of fused-ring (bicyclic) bond motifs is 2. The van der Waals surface area contributed by atoms with Crippen molar-refractivity contribution in [1.82, 2.24) is 4.98 Å². The Morgan fingerprint density at radius 2 is 1.79 bits per heavy atom. The van der Waals surface area contributed by atoms with Crippen molar-refractivity contribution in [3.05, 3.63) is 71.8 Å². The first-order chi connectivity index (χ1) is 14.0. The van der Waals surface area contributed by atoms with E-state index in [0.717, 1.165) is 43.8 Å². The second kappa shape index (κ2) is 8.31. The van der Waals surface area contributed by atoms with Gasteiger partial charge in [0.25, 0.3) is 0 Å². The van der Waals surface area contributed by atoms with E-state index in [2.05, 4.69) is 57.4 Å². The van der Waals surface area contributed by atoms with Crippen molar-refractivity contribution in [2.45, 2.75) is 13.3 Å². The molecular formula is C24H26N3OS+. The van der Waals surface area contributed by atoms with Crippen LogP contribution >= 0.6 is 11.3 Å². The van der Waals surface area contributed by atoms with Gasteiger partial charge < -0.3 is 4.90 Å². The molecule has 0 saturated carbocycles. The number of aromatic nitrogens is 1. The van der Waals surface area contributed by atoms with Crippen LogP contribution in [0, 0.1) is 6.92 Å². The number of rotatable bonds is 6. The van der Waals surface area contributed by atoms with Crippen LogP contribution < -0.4 is 9.80 Å². The number of benzene rings is 3. The standard InChI is InChI=1S/C24H25N3OS/c1-17-8-6-13-21-23(17)25-24(29-21)27(15-14-26(2)3)22(28)16-19-11-7-10-18-9-4-5-12-20(18)19/h4-13H,14-16H2,1-3H3/p+1. The van der Waals surface area contributed by atoms with Crippen LogP contribution in [0.4, 0.5) is 5.13 Å². The van der Waals surface area contributed by atoms with Crippen LogP contribution in [-0.2, 0) is 11.2 Å². The molecule has 29 heavy (non-hydrogen) atoms. The molecule has 3 aromatic carbocycles. The maximum Gasteiger partial charge on any atom is 0.233 e. The van der Waals surface area contributed by atoms with Crippen LogP contribution in [0.15, 0.2) is 60.7 Å². The van der Waals surface area contributed by atoms with Gasteiger partial charge >= 0.3 is 0 Å². The lowest BCUT2D eigenvalue weighted by Crippen LogP contribution is -3.06. The predicted octanol–water partition coefficient (Wildman–Crippen LogP) is 3.48. The van der Waals surface area contributed by atoms with Crippen molar-refractivity contribution in [3.63, 3.8) is 0 Å². The molecule has 1 heterocycles. The van der Waals surface area contributed by atoms with Crippen LogP contribution in [0.25, 0.3) is 21.0 Å². The molecule has 1 aromatic heterocycles. The van der Waals surface area contributed by atoms with E-state index < -0.39 is 0 Å². The Labute approximate surface area is 175 Å². The smallest absolute Gasteiger partial charge is 0.233 e. The minimum absolute atomic E-state index is 0.0966. The summed E-state index contributed by atoms with van der Waals surface area (Å²) in [5.41, 5.74) is 3.20. The van der Waals surface area contributed by atoms with Crippen LogP contribution in [0.2, 0.25) is 0 Å². The molecule has 0 aliphatic carbocycles. The zero-order chi connectivity index (χ0) is 20.4. The fourth-order valence-electron chi connectivity index (χ4n) is 3.56. The predicted molar refractivity (Wildman–Crippen MR) is 122 cm³/mol. The van der Waals surface area contributed by atoms with Crippen molar-refractivity contribution in [2.24, 2.45) is 0 Å². The van der Waals surface area contributed by atoms with Crippen LogP contribution in [-0.4, -0.2) is 38.1 Å². The Balaban J connectivity index is 1.68. The number of aryl methyl sites for hydroxylation is 1. The summed E-state index contributed by atoms with van der Waals surface area (Å²) in [4.78, 5) is 21.4. The van der Waals surface area contributed by atoms with Gasteiger partial charge in [-0.15, -0.1) is 0 Å². The maximum atomic E-state index is 13.4. The first-order valence-electron chi connectivity index (χ1n) is 9.95. The third-order valence-corrected chi connectivity index (χ3v) is 6.24. The van der Waals surface area contributed by atoms with E-state index in [4.69, 9.17) is 4.98 Å². The number of thiazole rings is 1. The topological polar surface area (TPSA) is 37.6 Å². The molecule has 0 fully saturated rings. The summed E-state index contributed by atoms with van der Waals surface area (Å²) in [6.07, 6.45) is 0.374. The number of carbonyl (C=O) groups excluding carboxylic acids is 1. The average molecular weight is 405 g/mol. The minimum atomic E-state index is 0.0966. The molecule has 4 rings (SSSR count). The molecular weight excluding hydrogens is 378 g/mol. The van der Waals surface area contributed by atoms with Crippen LogP contribution in [0.1, 0.15) is 11.1 Å². The summed E-state index contributed by atoms with van der Waals surface area (Å²) >= 11 is 1.60. The van der Waals surface area contributed by atoms with Crippen LogP contribution in [0.5, 0.6) is 0 Å². The Bertz CT molecular complexity index is 1160. The zero-order valence-electron chi connectivity index (χ0n) is 17.1. The fraction of sp³-hybridized carbons (Fsp3) is 0.250. The van der Waals surface area contributed by atoms with Gasteiger partial charge in [-0.1, -0.05) is 65.9 Å². The van der Waals surface area contributed by atoms with Crippen molar-refractivity contribution in [3.8, 4) is 0 Å². The van der Waals surface area contributed by atoms with Gasteiger partial charge in [0.2, 0.25) is 5.91 Å². The Hall–Kier alpha value is -2.76. The fourth-order valence-corrected chi connectivity index (χ4v) is 4.64. The first kappa shape index (κ1) is 19.6. The number of hydrogen-bond donors (Lipinski definition) is 1. The lowest BCUT2D eigenvalue weighted by molar-refractivity contribution is -0.856. The highest BCUT2D eigenvalue weighted by atomic mass is 32.1. The van der Waals surface area contributed by atoms with Gasteiger partial charge in [-0.25, -0.2) is 4.98 Å². The molecule has 148 valence electrons. The van der Waals surface area contributed by atoms with E-state index in [9.17, 15) is 4.79 Å². The molecule has 0 aliphatic heterocycles. The van der Waals surface area contributed by atoms with Crippen molar-refractivity contribution in [2.75, 3.05) is 32.1 Å². The summed E-state index contributed by atoms with van der Waals surface area (Å²) in [5.74, 6) is 0.0966. The monoisotopic (exact) mass is 404 g/mol. The third-order valence-electron chi connectivity index (χ3n) is 5.20. The lowest BCUT2D eigenvalue weighted by Gasteiger charge is -2.21. The Kier molecular flexibility index (Phi) is 5.60. The molecule has 1 N–H and O–H groups in total. The van der Waals surface area contributed by atoms with Gasteiger partial charge in [0.1, 0.15) is 0 Å². The molecule has 1 amide bonds. The Morgan fingerprint density at radius 1 is 1.03 bits per heavy atom. The van der Waals surface area contributed by atoms with Gasteiger partial charge in [0.05, 0.1) is 43.8 Å². The van der Waals surface area contributed by atoms with Gasteiger partial charge in [-0.2, -0.15) is 0 Å². The van der Waals surface area contributed by atoms with E-state index in [0.29, 0.717) is 13.0 Å². The molecule has 5 heteroatoms. The summed E-state index contributed by atoms with van der Waals surface area (Å²) in [5, 5.41) is 3.10. The average Bonchev–Trinajstić information content (AvgIpc) is 3.13. The number of nitrogens with zero attached hydrogens (tertiary/aromatic N) is 2. The number of amides is 1. The molecule has 0 aliphatic rings. The molecule has 4 nitrogen and oxygen atoms in total. The molecule has 0 bridgehead atoms. The second-order valence-electron chi connectivity index (χ2n) is 7.74. The summed E-state index contributed by atoms with van der Waals surface area (Å²) in [6.45, 7) is 3.60. The van der Waals surface area contributed by atoms with E-state index in [1.165, 1.54) is 4.90 Å². The van der Waals surface area contributed by atoms with E-state index in [1.807, 2.05) is 29.2 Å². The largest absolute Gasteiger partial charge is 0.338 e. The molecule has 0 saturated heterocycles. The Morgan fingerprint density at radius 3 is 2.59 bits per heavy atom. The first-order valence-corrected chi connectivity index (χ1v) is 10.8. The van der Waals surface area contributed by atoms with Gasteiger partial charge in [0.15, 0.2) is 5.13 Å². The third kappa shape index (κ3) is 4.16. The van der Waals surface area contributed by atoms with E-state index in [1.54, 1.807) is 11.3 Å². The summed E-state index contributed by atoms with van der Waals surface area (Å²) in [7, 11) is 4.21. The highest BCUT2D eigenvalue weighted by Crippen LogP contribution is 2.31. The maximum absolute atomic E-state index is 13.4. The number of likely N-dealkylation sites (N-methyl/N-ethyl adjacent to an activating group) is 1. The highest BCUT2D eigenvalue weighted by molar-refractivity contribution is 7.22. The molecule has 0 unspecified atom stereocenters.